The molecule has 3 nitrogen and oxygen atoms in total. The standard InChI is InChI=1S/C23H28BrFO3/c1-26-21-15-17-7-6-14-28-23(12-4-3-5-13-24,20(17)16-22(21)27-2)18-8-10-19(25)11-9-18/h8-11,15-16H,3-7,12-14H2,1-2H3. The molecule has 0 radical (unpaired) electrons. The summed E-state index contributed by atoms with van der Waals surface area (Å²) in [7, 11) is 3.31. The van der Waals surface area contributed by atoms with Crippen LogP contribution in [0.15, 0.2) is 36.4 Å². The van der Waals surface area contributed by atoms with Crippen LogP contribution in [0, 0.1) is 5.82 Å². The van der Waals surface area contributed by atoms with Gasteiger partial charge >= 0.3 is 0 Å². The SMILES string of the molecule is COc1cc2c(cc1OC)C(CCCCCBr)(c1ccc(F)cc1)OCCC2. The minimum absolute atomic E-state index is 0.237. The van der Waals surface area contributed by atoms with E-state index in [4.69, 9.17) is 14.2 Å². The second kappa shape index (κ2) is 9.75. The number of hydrogen-bond donors (Lipinski definition) is 0. The minimum atomic E-state index is -0.606. The average molecular weight is 451 g/mol. The Labute approximate surface area is 175 Å². The van der Waals surface area contributed by atoms with E-state index in [9.17, 15) is 4.39 Å². The van der Waals surface area contributed by atoms with Gasteiger partial charge < -0.3 is 14.2 Å². The monoisotopic (exact) mass is 450 g/mol. The third kappa shape index (κ3) is 4.36. The molecule has 2 aromatic carbocycles. The molecule has 5 heteroatoms. The van der Waals surface area contributed by atoms with E-state index >= 15 is 0 Å². The highest BCUT2D eigenvalue weighted by Crippen LogP contribution is 2.46. The maximum Gasteiger partial charge on any atom is 0.161 e. The number of aryl methyl sites for hydroxylation is 1. The molecule has 1 unspecified atom stereocenters. The van der Waals surface area contributed by atoms with E-state index in [1.165, 1.54) is 17.7 Å². The Kier molecular flexibility index (Phi) is 7.36. The number of ether oxygens (including phenoxy) is 3. The van der Waals surface area contributed by atoms with Crippen molar-refractivity contribution in [2.24, 2.45) is 0 Å². The molecular weight excluding hydrogens is 423 g/mol. The van der Waals surface area contributed by atoms with Gasteiger partial charge in [-0.25, -0.2) is 4.39 Å². The van der Waals surface area contributed by atoms with Gasteiger partial charge in [0, 0.05) is 11.9 Å². The van der Waals surface area contributed by atoms with Crippen molar-refractivity contribution in [2.45, 2.75) is 44.1 Å². The first kappa shape index (κ1) is 21.1. The van der Waals surface area contributed by atoms with Crippen LogP contribution in [-0.4, -0.2) is 26.2 Å². The van der Waals surface area contributed by atoms with E-state index in [0.29, 0.717) is 12.4 Å². The topological polar surface area (TPSA) is 27.7 Å². The quantitative estimate of drug-likeness (QED) is 0.364. The van der Waals surface area contributed by atoms with Gasteiger partial charge in [-0.1, -0.05) is 34.5 Å². The summed E-state index contributed by atoms with van der Waals surface area (Å²) < 4.78 is 31.3. The van der Waals surface area contributed by atoms with Crippen LogP contribution in [0.4, 0.5) is 4.39 Å². The fraction of sp³-hybridized carbons (Fsp3) is 0.478. The number of rotatable bonds is 8. The molecule has 1 heterocycles. The van der Waals surface area contributed by atoms with Gasteiger partial charge in [-0.3, -0.25) is 0 Å². The van der Waals surface area contributed by atoms with E-state index in [2.05, 4.69) is 22.0 Å². The summed E-state index contributed by atoms with van der Waals surface area (Å²) in [5.41, 5.74) is 2.70. The highest BCUT2D eigenvalue weighted by atomic mass is 79.9. The van der Waals surface area contributed by atoms with Gasteiger partial charge in [0.2, 0.25) is 0 Å². The average Bonchev–Trinajstić information content (AvgIpc) is 2.90. The number of methoxy groups -OCH3 is 2. The van der Waals surface area contributed by atoms with Crippen LogP contribution in [0.2, 0.25) is 0 Å². The molecule has 0 aliphatic carbocycles. The third-order valence-electron chi connectivity index (χ3n) is 5.46. The van der Waals surface area contributed by atoms with Gasteiger partial charge in [-0.05, 0) is 73.1 Å². The van der Waals surface area contributed by atoms with Crippen molar-refractivity contribution in [1.29, 1.82) is 0 Å². The predicted molar refractivity (Wildman–Crippen MR) is 113 cm³/mol. The zero-order chi connectivity index (χ0) is 20.0. The summed E-state index contributed by atoms with van der Waals surface area (Å²) in [4.78, 5) is 0. The Bertz CT molecular complexity index is 778. The molecule has 1 aliphatic heterocycles. The van der Waals surface area contributed by atoms with Crippen LogP contribution >= 0.6 is 15.9 Å². The van der Waals surface area contributed by atoms with Crippen LogP contribution < -0.4 is 9.47 Å². The summed E-state index contributed by atoms with van der Waals surface area (Å²) in [6.07, 6.45) is 5.95. The van der Waals surface area contributed by atoms with E-state index in [1.54, 1.807) is 14.2 Å². The lowest BCUT2D eigenvalue weighted by molar-refractivity contribution is -0.0231. The summed E-state index contributed by atoms with van der Waals surface area (Å²) in [5.74, 6) is 1.19. The van der Waals surface area contributed by atoms with Gasteiger partial charge in [0.25, 0.3) is 0 Å². The van der Waals surface area contributed by atoms with Gasteiger partial charge in [0.15, 0.2) is 11.5 Å². The van der Waals surface area contributed by atoms with Gasteiger partial charge in [-0.15, -0.1) is 0 Å². The molecule has 3 rings (SSSR count). The van der Waals surface area contributed by atoms with Crippen molar-refractivity contribution >= 4 is 15.9 Å². The van der Waals surface area contributed by atoms with E-state index in [1.807, 2.05) is 18.2 Å². The molecule has 0 bridgehead atoms. The van der Waals surface area contributed by atoms with Crippen LogP contribution in [-0.2, 0) is 16.8 Å². The van der Waals surface area contributed by atoms with Crippen molar-refractivity contribution in [3.8, 4) is 11.5 Å². The van der Waals surface area contributed by atoms with Gasteiger partial charge in [0.1, 0.15) is 11.4 Å². The maximum atomic E-state index is 13.6. The number of fused-ring (bicyclic) bond motifs is 1. The number of benzene rings is 2. The lowest BCUT2D eigenvalue weighted by atomic mass is 9.79. The van der Waals surface area contributed by atoms with E-state index in [-0.39, 0.29) is 5.82 Å². The number of halogens is 2. The van der Waals surface area contributed by atoms with E-state index < -0.39 is 5.60 Å². The fourth-order valence-electron chi connectivity index (χ4n) is 4.04. The van der Waals surface area contributed by atoms with Crippen molar-refractivity contribution in [1.82, 2.24) is 0 Å². The van der Waals surface area contributed by atoms with Crippen LogP contribution in [0.5, 0.6) is 11.5 Å². The molecule has 0 spiro atoms. The number of alkyl halides is 1. The zero-order valence-electron chi connectivity index (χ0n) is 16.6. The smallest absolute Gasteiger partial charge is 0.161 e. The van der Waals surface area contributed by atoms with E-state index in [0.717, 1.165) is 60.7 Å². The van der Waals surface area contributed by atoms with Crippen molar-refractivity contribution in [3.05, 3.63) is 58.9 Å². The second-order valence-electron chi connectivity index (χ2n) is 7.15. The first-order chi connectivity index (χ1) is 13.6. The molecule has 0 aromatic heterocycles. The molecule has 0 N–H and O–H groups in total. The summed E-state index contributed by atoms with van der Waals surface area (Å²) in [6, 6.07) is 10.9. The summed E-state index contributed by atoms with van der Waals surface area (Å²) in [5, 5.41) is 0.999. The third-order valence-corrected chi connectivity index (χ3v) is 6.02. The second-order valence-corrected chi connectivity index (χ2v) is 7.94. The van der Waals surface area contributed by atoms with Crippen molar-refractivity contribution < 1.29 is 18.6 Å². The molecule has 152 valence electrons. The van der Waals surface area contributed by atoms with Crippen molar-refractivity contribution in [3.63, 3.8) is 0 Å². The summed E-state index contributed by atoms with van der Waals surface area (Å²) >= 11 is 3.51. The Hall–Kier alpha value is -1.59. The fourth-order valence-corrected chi connectivity index (χ4v) is 4.44. The lowest BCUT2D eigenvalue weighted by Crippen LogP contribution is -2.32. The van der Waals surface area contributed by atoms with Crippen LogP contribution in [0.1, 0.15) is 48.8 Å². The lowest BCUT2D eigenvalue weighted by Gasteiger charge is -2.36. The molecule has 0 saturated heterocycles. The first-order valence-electron chi connectivity index (χ1n) is 9.86. The Morgan fingerprint density at radius 2 is 1.75 bits per heavy atom. The Morgan fingerprint density at radius 1 is 1.04 bits per heavy atom. The highest BCUT2D eigenvalue weighted by molar-refractivity contribution is 9.09. The normalized spacial score (nSPS) is 19.0. The largest absolute Gasteiger partial charge is 0.493 e. The number of unbranched alkanes of at least 4 members (excludes halogenated alkanes) is 2. The molecule has 1 aliphatic rings. The van der Waals surface area contributed by atoms with Crippen LogP contribution in [0.25, 0.3) is 0 Å². The first-order valence-corrected chi connectivity index (χ1v) is 11.0. The zero-order valence-corrected chi connectivity index (χ0v) is 18.2. The Morgan fingerprint density at radius 3 is 2.43 bits per heavy atom. The summed E-state index contributed by atoms with van der Waals surface area (Å²) in [6.45, 7) is 0.662. The maximum absolute atomic E-state index is 13.6. The Balaban J connectivity index is 2.13. The predicted octanol–water partition coefficient (Wildman–Crippen LogP) is 6.00. The molecule has 28 heavy (non-hydrogen) atoms. The van der Waals surface area contributed by atoms with Gasteiger partial charge in [-0.2, -0.15) is 0 Å². The van der Waals surface area contributed by atoms with Gasteiger partial charge in [0.05, 0.1) is 14.2 Å². The molecule has 0 saturated carbocycles. The molecular formula is C23H28BrFO3. The molecule has 0 fully saturated rings. The number of hydrogen-bond acceptors (Lipinski definition) is 3. The van der Waals surface area contributed by atoms with Crippen molar-refractivity contribution in [2.75, 3.05) is 26.2 Å². The van der Waals surface area contributed by atoms with Crippen LogP contribution in [0.3, 0.4) is 0 Å². The molecule has 0 amide bonds. The highest BCUT2D eigenvalue weighted by Gasteiger charge is 2.39. The minimum Gasteiger partial charge on any atom is -0.493 e. The molecule has 2 aromatic rings. The molecule has 1 atom stereocenters.